The standard InChI is InChI=1S/C13H19FN2O/c1-3-4-9-5-6-15-11-7-10(14)13(17-2)8-12(11)16-9/h7-9,15-16H,3-6H2,1-2H3. The Labute approximate surface area is 101 Å². The maximum absolute atomic E-state index is 13.6. The van der Waals surface area contributed by atoms with Gasteiger partial charge in [0.15, 0.2) is 11.6 Å². The van der Waals surface area contributed by atoms with Crippen LogP contribution in [0.3, 0.4) is 0 Å². The summed E-state index contributed by atoms with van der Waals surface area (Å²) in [5.41, 5.74) is 1.75. The van der Waals surface area contributed by atoms with E-state index in [9.17, 15) is 4.39 Å². The van der Waals surface area contributed by atoms with E-state index in [1.807, 2.05) is 0 Å². The summed E-state index contributed by atoms with van der Waals surface area (Å²) in [6.07, 6.45) is 3.32. The van der Waals surface area contributed by atoms with E-state index in [1.54, 1.807) is 6.07 Å². The molecule has 1 atom stereocenters. The molecule has 1 aromatic carbocycles. The van der Waals surface area contributed by atoms with Gasteiger partial charge in [0.2, 0.25) is 0 Å². The summed E-state index contributed by atoms with van der Waals surface area (Å²) >= 11 is 0. The van der Waals surface area contributed by atoms with E-state index < -0.39 is 0 Å². The lowest BCUT2D eigenvalue weighted by Gasteiger charge is -2.17. The van der Waals surface area contributed by atoms with Gasteiger partial charge >= 0.3 is 0 Å². The molecule has 0 aromatic heterocycles. The first-order valence-electron chi connectivity index (χ1n) is 6.12. The average Bonchev–Trinajstić information content (AvgIpc) is 2.50. The molecular formula is C13H19FN2O. The molecule has 0 saturated carbocycles. The maximum atomic E-state index is 13.6. The summed E-state index contributed by atoms with van der Waals surface area (Å²) in [5.74, 6) is -0.0373. The van der Waals surface area contributed by atoms with Crippen LogP contribution in [0.4, 0.5) is 15.8 Å². The van der Waals surface area contributed by atoms with Crippen LogP contribution in [0.2, 0.25) is 0 Å². The zero-order valence-electron chi connectivity index (χ0n) is 10.3. The molecule has 1 heterocycles. The van der Waals surface area contributed by atoms with Crippen molar-refractivity contribution < 1.29 is 9.13 Å². The van der Waals surface area contributed by atoms with Gasteiger partial charge in [-0.2, -0.15) is 0 Å². The minimum Gasteiger partial charge on any atom is -0.494 e. The smallest absolute Gasteiger partial charge is 0.167 e. The van der Waals surface area contributed by atoms with Crippen LogP contribution in [0, 0.1) is 5.82 Å². The van der Waals surface area contributed by atoms with E-state index in [-0.39, 0.29) is 11.6 Å². The number of hydrogen-bond donors (Lipinski definition) is 2. The van der Waals surface area contributed by atoms with Crippen molar-refractivity contribution in [2.45, 2.75) is 32.2 Å². The van der Waals surface area contributed by atoms with Gasteiger partial charge in [-0.3, -0.25) is 0 Å². The second-order valence-electron chi connectivity index (χ2n) is 4.38. The molecule has 1 aromatic rings. The summed E-state index contributed by atoms with van der Waals surface area (Å²) in [6, 6.07) is 3.67. The predicted molar refractivity (Wildman–Crippen MR) is 68.4 cm³/mol. The molecule has 2 N–H and O–H groups in total. The fraction of sp³-hybridized carbons (Fsp3) is 0.538. The number of nitrogens with one attached hydrogen (secondary N) is 2. The Morgan fingerprint density at radius 3 is 2.94 bits per heavy atom. The molecule has 0 spiro atoms. The van der Waals surface area contributed by atoms with E-state index >= 15 is 0 Å². The third-order valence-corrected chi connectivity index (χ3v) is 3.10. The van der Waals surface area contributed by atoms with Crippen molar-refractivity contribution in [3.8, 4) is 5.75 Å². The SMILES string of the molecule is CCCC1CCNc2cc(F)c(OC)cc2N1. The van der Waals surface area contributed by atoms with E-state index in [0.717, 1.165) is 37.2 Å². The second-order valence-corrected chi connectivity index (χ2v) is 4.38. The highest BCUT2D eigenvalue weighted by atomic mass is 19.1. The van der Waals surface area contributed by atoms with Crippen molar-refractivity contribution in [3.05, 3.63) is 17.9 Å². The van der Waals surface area contributed by atoms with Crippen LogP contribution >= 0.6 is 0 Å². The number of hydrogen-bond acceptors (Lipinski definition) is 3. The van der Waals surface area contributed by atoms with Crippen molar-refractivity contribution in [1.29, 1.82) is 0 Å². The Morgan fingerprint density at radius 1 is 1.41 bits per heavy atom. The summed E-state index contributed by atoms with van der Waals surface area (Å²) in [4.78, 5) is 0. The van der Waals surface area contributed by atoms with Crippen molar-refractivity contribution >= 4 is 11.4 Å². The minimum atomic E-state index is -0.325. The Hall–Kier alpha value is -1.45. The highest BCUT2D eigenvalue weighted by molar-refractivity contribution is 5.72. The van der Waals surface area contributed by atoms with Crippen molar-refractivity contribution in [2.24, 2.45) is 0 Å². The molecule has 0 aliphatic carbocycles. The summed E-state index contributed by atoms with van der Waals surface area (Å²) < 4.78 is 18.6. The van der Waals surface area contributed by atoms with Gasteiger partial charge in [-0.1, -0.05) is 13.3 Å². The first-order chi connectivity index (χ1) is 8.24. The fourth-order valence-corrected chi connectivity index (χ4v) is 2.21. The molecular weight excluding hydrogens is 219 g/mol. The Bertz CT molecular complexity index is 395. The average molecular weight is 238 g/mol. The van der Waals surface area contributed by atoms with Crippen LogP contribution in [-0.4, -0.2) is 19.7 Å². The van der Waals surface area contributed by atoms with Crippen molar-refractivity contribution in [1.82, 2.24) is 0 Å². The molecule has 0 fully saturated rings. The van der Waals surface area contributed by atoms with E-state index in [4.69, 9.17) is 4.74 Å². The lowest BCUT2D eigenvalue weighted by atomic mass is 10.1. The molecule has 4 heteroatoms. The molecule has 0 amide bonds. The molecule has 0 saturated heterocycles. The molecule has 1 unspecified atom stereocenters. The topological polar surface area (TPSA) is 33.3 Å². The zero-order chi connectivity index (χ0) is 12.3. The summed E-state index contributed by atoms with van der Waals surface area (Å²) in [6.45, 7) is 3.04. The summed E-state index contributed by atoms with van der Waals surface area (Å²) in [5, 5.41) is 6.70. The van der Waals surface area contributed by atoms with Crippen molar-refractivity contribution in [2.75, 3.05) is 24.3 Å². The first-order valence-corrected chi connectivity index (χ1v) is 6.12. The quantitative estimate of drug-likeness (QED) is 0.848. The number of halogens is 1. The van der Waals surface area contributed by atoms with Gasteiger partial charge in [0.1, 0.15) is 0 Å². The largest absolute Gasteiger partial charge is 0.494 e. The number of fused-ring (bicyclic) bond motifs is 1. The first kappa shape index (κ1) is 12.0. The van der Waals surface area contributed by atoms with Crippen LogP contribution in [0.25, 0.3) is 0 Å². The van der Waals surface area contributed by atoms with Crippen molar-refractivity contribution in [3.63, 3.8) is 0 Å². The number of ether oxygens (including phenoxy) is 1. The van der Waals surface area contributed by atoms with E-state index in [1.165, 1.54) is 13.2 Å². The van der Waals surface area contributed by atoms with Gasteiger partial charge in [0.25, 0.3) is 0 Å². The molecule has 2 rings (SSSR count). The monoisotopic (exact) mass is 238 g/mol. The Morgan fingerprint density at radius 2 is 2.24 bits per heavy atom. The van der Waals surface area contributed by atoms with Gasteiger partial charge < -0.3 is 15.4 Å². The highest BCUT2D eigenvalue weighted by Crippen LogP contribution is 2.32. The molecule has 94 valence electrons. The van der Waals surface area contributed by atoms with Gasteiger partial charge in [-0.05, 0) is 12.8 Å². The molecule has 17 heavy (non-hydrogen) atoms. The summed E-state index contributed by atoms with van der Waals surface area (Å²) in [7, 11) is 1.48. The molecule has 1 aliphatic rings. The van der Waals surface area contributed by atoms with Gasteiger partial charge in [0, 0.05) is 24.7 Å². The molecule has 3 nitrogen and oxygen atoms in total. The predicted octanol–water partition coefficient (Wildman–Crippen LogP) is 3.23. The van der Waals surface area contributed by atoms with Gasteiger partial charge in [-0.25, -0.2) is 4.39 Å². The van der Waals surface area contributed by atoms with E-state index in [0.29, 0.717) is 6.04 Å². The maximum Gasteiger partial charge on any atom is 0.167 e. The number of benzene rings is 1. The van der Waals surface area contributed by atoms with Crippen LogP contribution in [0.15, 0.2) is 12.1 Å². The lowest BCUT2D eigenvalue weighted by Crippen LogP contribution is -2.19. The second kappa shape index (κ2) is 5.25. The Kier molecular flexibility index (Phi) is 3.71. The zero-order valence-corrected chi connectivity index (χ0v) is 10.3. The number of methoxy groups -OCH3 is 1. The Balaban J connectivity index is 2.27. The third-order valence-electron chi connectivity index (χ3n) is 3.10. The highest BCUT2D eigenvalue weighted by Gasteiger charge is 2.17. The number of anilines is 2. The van der Waals surface area contributed by atoms with Gasteiger partial charge in [-0.15, -0.1) is 0 Å². The number of rotatable bonds is 3. The van der Waals surface area contributed by atoms with Crippen LogP contribution in [0.5, 0.6) is 5.75 Å². The third kappa shape index (κ3) is 2.62. The fourth-order valence-electron chi connectivity index (χ4n) is 2.21. The molecule has 1 aliphatic heterocycles. The van der Waals surface area contributed by atoms with Crippen LogP contribution < -0.4 is 15.4 Å². The normalized spacial score (nSPS) is 18.6. The van der Waals surface area contributed by atoms with Crippen LogP contribution in [-0.2, 0) is 0 Å². The lowest BCUT2D eigenvalue weighted by molar-refractivity contribution is 0.387. The minimum absolute atomic E-state index is 0.287. The van der Waals surface area contributed by atoms with Gasteiger partial charge in [0.05, 0.1) is 18.5 Å². The molecule has 0 bridgehead atoms. The van der Waals surface area contributed by atoms with Crippen LogP contribution in [0.1, 0.15) is 26.2 Å². The van der Waals surface area contributed by atoms with E-state index in [2.05, 4.69) is 17.6 Å². The molecule has 0 radical (unpaired) electrons.